The minimum Gasteiger partial charge on any atom is -0.493 e. The Morgan fingerprint density at radius 2 is 1.59 bits per heavy atom. The smallest absolute Gasteiger partial charge is 0.198 e. The van der Waals surface area contributed by atoms with E-state index in [-0.39, 0.29) is 11.9 Å². The molecule has 5 heteroatoms. The Morgan fingerprint density at radius 1 is 0.862 bits per heavy atom. The van der Waals surface area contributed by atoms with Gasteiger partial charge in [-0.25, -0.2) is 0 Å². The van der Waals surface area contributed by atoms with Gasteiger partial charge in [0, 0.05) is 0 Å². The Hall–Kier alpha value is -3.31. The van der Waals surface area contributed by atoms with Crippen LogP contribution in [-0.4, -0.2) is 26.1 Å². The zero-order valence-corrected chi connectivity index (χ0v) is 16.3. The number of carbonyl (C=O) groups is 1. The lowest BCUT2D eigenvalue weighted by Gasteiger charge is -2.10. The molecule has 1 heterocycles. The van der Waals surface area contributed by atoms with Gasteiger partial charge in [-0.05, 0) is 35.4 Å². The molecule has 0 N–H and O–H groups in total. The molecule has 4 rings (SSSR count). The topological polar surface area (TPSA) is 57.3 Å². The first-order valence-electron chi connectivity index (χ1n) is 9.38. The van der Waals surface area contributed by atoms with Gasteiger partial charge in [-0.3, -0.25) is 4.79 Å². The van der Waals surface area contributed by atoms with Crippen LogP contribution >= 0.6 is 0 Å². The SMILES string of the molecule is COc1ccc([C@H]2O[C@@H]2C(=O)c2ccccc2OCc2ccccc2)cc1OC. The monoisotopic (exact) mass is 390 g/mol. The maximum absolute atomic E-state index is 13.0. The minimum absolute atomic E-state index is 0.0894. The summed E-state index contributed by atoms with van der Waals surface area (Å²) in [5, 5.41) is 0. The third-order valence-electron chi connectivity index (χ3n) is 4.88. The number of methoxy groups -OCH3 is 2. The number of para-hydroxylation sites is 1. The quantitative estimate of drug-likeness (QED) is 0.415. The van der Waals surface area contributed by atoms with E-state index < -0.39 is 6.10 Å². The second-order valence-electron chi connectivity index (χ2n) is 6.73. The lowest BCUT2D eigenvalue weighted by molar-refractivity contribution is 0.0949. The molecular formula is C24H22O5. The lowest BCUT2D eigenvalue weighted by atomic mass is 10.0. The largest absolute Gasteiger partial charge is 0.493 e. The number of hydrogen-bond donors (Lipinski definition) is 0. The molecule has 0 unspecified atom stereocenters. The molecule has 2 atom stereocenters. The van der Waals surface area contributed by atoms with Crippen LogP contribution in [0.25, 0.3) is 0 Å². The van der Waals surface area contributed by atoms with Crippen molar-refractivity contribution in [2.45, 2.75) is 18.8 Å². The number of Topliss-reactive ketones (excluding diaryl/α,β-unsaturated/α-hetero) is 1. The van der Waals surface area contributed by atoms with Crippen molar-refractivity contribution >= 4 is 5.78 Å². The van der Waals surface area contributed by atoms with E-state index in [4.69, 9.17) is 18.9 Å². The van der Waals surface area contributed by atoms with E-state index >= 15 is 0 Å². The van der Waals surface area contributed by atoms with Crippen LogP contribution in [0.3, 0.4) is 0 Å². The van der Waals surface area contributed by atoms with Crippen molar-refractivity contribution in [1.82, 2.24) is 0 Å². The standard InChI is InChI=1S/C24H22O5/c1-26-20-13-12-17(14-21(20)27-2)23-24(29-23)22(25)18-10-6-7-11-19(18)28-15-16-8-4-3-5-9-16/h3-14,23-24H,15H2,1-2H3/t23-,24-/m1/s1. The molecule has 3 aromatic rings. The fourth-order valence-electron chi connectivity index (χ4n) is 3.28. The Balaban J connectivity index is 1.48. The molecule has 0 saturated carbocycles. The molecule has 0 amide bonds. The van der Waals surface area contributed by atoms with Gasteiger partial charge in [0.25, 0.3) is 0 Å². The predicted molar refractivity (Wildman–Crippen MR) is 109 cm³/mol. The van der Waals surface area contributed by atoms with Gasteiger partial charge >= 0.3 is 0 Å². The summed E-state index contributed by atoms with van der Waals surface area (Å²) in [7, 11) is 3.17. The van der Waals surface area contributed by atoms with Crippen molar-refractivity contribution in [1.29, 1.82) is 0 Å². The predicted octanol–water partition coefficient (Wildman–Crippen LogP) is 4.61. The fourth-order valence-corrected chi connectivity index (χ4v) is 3.28. The Kier molecular flexibility index (Phi) is 5.49. The number of ketones is 1. The van der Waals surface area contributed by atoms with Crippen LogP contribution in [0.15, 0.2) is 72.8 Å². The van der Waals surface area contributed by atoms with E-state index in [0.29, 0.717) is 29.4 Å². The Morgan fingerprint density at radius 3 is 2.34 bits per heavy atom. The van der Waals surface area contributed by atoms with Gasteiger partial charge in [0.15, 0.2) is 23.4 Å². The summed E-state index contributed by atoms with van der Waals surface area (Å²) in [6, 6.07) is 22.7. The molecule has 29 heavy (non-hydrogen) atoms. The molecule has 0 radical (unpaired) electrons. The summed E-state index contributed by atoms with van der Waals surface area (Å²) in [5.74, 6) is 1.72. The summed E-state index contributed by atoms with van der Waals surface area (Å²) in [4.78, 5) is 13.0. The van der Waals surface area contributed by atoms with Gasteiger partial charge in [0.1, 0.15) is 18.5 Å². The van der Waals surface area contributed by atoms with E-state index in [1.165, 1.54) is 0 Å². The van der Waals surface area contributed by atoms with Crippen LogP contribution in [0.2, 0.25) is 0 Å². The molecule has 0 aliphatic carbocycles. The third-order valence-corrected chi connectivity index (χ3v) is 4.88. The first kappa shape index (κ1) is 19.0. The second kappa shape index (κ2) is 8.37. The Bertz CT molecular complexity index is 999. The van der Waals surface area contributed by atoms with E-state index in [1.807, 2.05) is 66.7 Å². The molecule has 0 bridgehead atoms. The number of rotatable bonds is 8. The first-order valence-corrected chi connectivity index (χ1v) is 9.38. The summed E-state index contributed by atoms with van der Waals surface area (Å²) in [6.45, 7) is 0.399. The van der Waals surface area contributed by atoms with Crippen molar-refractivity contribution in [3.63, 3.8) is 0 Å². The van der Waals surface area contributed by atoms with Crippen LogP contribution in [0.5, 0.6) is 17.2 Å². The molecule has 3 aromatic carbocycles. The van der Waals surface area contributed by atoms with Crippen LogP contribution in [-0.2, 0) is 11.3 Å². The average Bonchev–Trinajstić information content (AvgIpc) is 3.58. The highest BCUT2D eigenvalue weighted by Crippen LogP contribution is 2.44. The number of epoxide rings is 1. The lowest BCUT2D eigenvalue weighted by Crippen LogP contribution is -2.11. The maximum atomic E-state index is 13.0. The highest BCUT2D eigenvalue weighted by atomic mass is 16.6. The van der Waals surface area contributed by atoms with Crippen molar-refractivity contribution in [2.75, 3.05) is 14.2 Å². The third kappa shape index (κ3) is 4.10. The molecule has 1 fully saturated rings. The maximum Gasteiger partial charge on any atom is 0.198 e. The molecule has 0 aromatic heterocycles. The molecule has 0 spiro atoms. The van der Waals surface area contributed by atoms with Crippen molar-refractivity contribution < 1.29 is 23.7 Å². The zero-order valence-electron chi connectivity index (χ0n) is 16.3. The molecule has 148 valence electrons. The highest BCUT2D eigenvalue weighted by molar-refractivity contribution is 6.03. The minimum atomic E-state index is -0.533. The van der Waals surface area contributed by atoms with Gasteiger partial charge in [-0.1, -0.05) is 48.5 Å². The Labute approximate surface area is 169 Å². The normalized spacial score (nSPS) is 17.4. The van der Waals surface area contributed by atoms with E-state index in [9.17, 15) is 4.79 Å². The second-order valence-corrected chi connectivity index (χ2v) is 6.73. The van der Waals surface area contributed by atoms with Gasteiger partial charge in [0.2, 0.25) is 0 Å². The van der Waals surface area contributed by atoms with Gasteiger partial charge in [-0.15, -0.1) is 0 Å². The van der Waals surface area contributed by atoms with Gasteiger partial charge in [0.05, 0.1) is 19.8 Å². The van der Waals surface area contributed by atoms with Crippen molar-refractivity contribution in [3.8, 4) is 17.2 Å². The van der Waals surface area contributed by atoms with E-state index in [1.54, 1.807) is 20.3 Å². The summed E-state index contributed by atoms with van der Waals surface area (Å²) in [6.07, 6.45) is -0.834. The molecule has 5 nitrogen and oxygen atoms in total. The number of hydrogen-bond acceptors (Lipinski definition) is 5. The van der Waals surface area contributed by atoms with Crippen LogP contribution < -0.4 is 14.2 Å². The molecule has 1 aliphatic rings. The van der Waals surface area contributed by atoms with E-state index in [2.05, 4.69) is 0 Å². The fraction of sp³-hybridized carbons (Fsp3) is 0.208. The summed E-state index contributed by atoms with van der Waals surface area (Å²) in [5.41, 5.74) is 2.45. The first-order chi connectivity index (χ1) is 14.2. The van der Waals surface area contributed by atoms with Gasteiger partial charge < -0.3 is 18.9 Å². The number of benzene rings is 3. The molecule has 1 aliphatic heterocycles. The highest BCUT2D eigenvalue weighted by Gasteiger charge is 2.47. The van der Waals surface area contributed by atoms with Crippen molar-refractivity contribution in [2.24, 2.45) is 0 Å². The van der Waals surface area contributed by atoms with Crippen LogP contribution in [0, 0.1) is 0 Å². The average molecular weight is 390 g/mol. The van der Waals surface area contributed by atoms with Crippen LogP contribution in [0.1, 0.15) is 27.6 Å². The summed E-state index contributed by atoms with van der Waals surface area (Å²) < 4.78 is 22.2. The number of ether oxygens (including phenoxy) is 4. The summed E-state index contributed by atoms with van der Waals surface area (Å²) >= 11 is 0. The molecular weight excluding hydrogens is 368 g/mol. The van der Waals surface area contributed by atoms with Crippen LogP contribution in [0.4, 0.5) is 0 Å². The van der Waals surface area contributed by atoms with Crippen molar-refractivity contribution in [3.05, 3.63) is 89.5 Å². The number of carbonyl (C=O) groups excluding carboxylic acids is 1. The zero-order chi connectivity index (χ0) is 20.2. The molecule has 1 saturated heterocycles. The van der Waals surface area contributed by atoms with E-state index in [0.717, 1.165) is 11.1 Å². The van der Waals surface area contributed by atoms with Gasteiger partial charge in [-0.2, -0.15) is 0 Å².